The highest BCUT2D eigenvalue weighted by molar-refractivity contribution is 6.35. The molecule has 4 N–H and O–H groups in total. The van der Waals surface area contributed by atoms with E-state index < -0.39 is 17.7 Å². The summed E-state index contributed by atoms with van der Waals surface area (Å²) in [4.78, 5) is 34.2. The summed E-state index contributed by atoms with van der Waals surface area (Å²) in [6.45, 7) is -0.0420. The third kappa shape index (κ3) is 6.08. The zero-order valence-corrected chi connectivity index (χ0v) is 13.8. The fourth-order valence-electron chi connectivity index (χ4n) is 1.94. The summed E-state index contributed by atoms with van der Waals surface area (Å²) in [5, 5.41) is 6.21. The lowest BCUT2D eigenvalue weighted by atomic mass is 10.2. The molecule has 0 aliphatic heterocycles. The van der Waals surface area contributed by atoms with E-state index in [0.29, 0.717) is 11.3 Å². The number of benzene rings is 2. The Morgan fingerprint density at radius 3 is 2.42 bits per heavy atom. The predicted octanol–water partition coefficient (Wildman–Crippen LogP) is 0.317. The smallest absolute Gasteiger partial charge is 0.329 e. The van der Waals surface area contributed by atoms with Crippen molar-refractivity contribution in [2.24, 2.45) is 10.8 Å². The molecular weight excluding hydrogens is 336 g/mol. The molecule has 0 fully saturated rings. The number of carbonyl (C=O) groups excluding carboxylic acids is 3. The van der Waals surface area contributed by atoms with E-state index in [4.69, 9.17) is 10.5 Å². The van der Waals surface area contributed by atoms with Crippen molar-refractivity contribution >= 4 is 23.9 Å². The standard InChI is InChI=1S/C18H18N4O4/c19-16(23)12-26-15-9-5-4-8-14(15)11-21-22-18(25)17(24)20-10-13-6-2-1-3-7-13/h1-9,11H,10,12H2,(H2,19,23)(H,20,24)(H,22,25)/b21-11-. The molecule has 2 aromatic rings. The van der Waals surface area contributed by atoms with Crippen LogP contribution < -0.4 is 21.2 Å². The van der Waals surface area contributed by atoms with E-state index in [2.05, 4.69) is 15.8 Å². The van der Waals surface area contributed by atoms with Crippen molar-refractivity contribution < 1.29 is 19.1 Å². The average Bonchev–Trinajstić information content (AvgIpc) is 2.66. The molecule has 0 bridgehead atoms. The Hall–Kier alpha value is -3.68. The Balaban J connectivity index is 1.86. The Labute approximate surface area is 150 Å². The van der Waals surface area contributed by atoms with Gasteiger partial charge in [-0.3, -0.25) is 14.4 Å². The van der Waals surface area contributed by atoms with Crippen LogP contribution in [-0.4, -0.2) is 30.5 Å². The first-order valence-electron chi connectivity index (χ1n) is 7.71. The molecule has 0 spiro atoms. The van der Waals surface area contributed by atoms with E-state index in [0.717, 1.165) is 5.56 Å². The summed E-state index contributed by atoms with van der Waals surface area (Å²) in [6.07, 6.45) is 1.30. The Bertz CT molecular complexity index is 806. The maximum absolute atomic E-state index is 11.7. The van der Waals surface area contributed by atoms with E-state index in [-0.39, 0.29) is 13.2 Å². The van der Waals surface area contributed by atoms with Crippen LogP contribution in [-0.2, 0) is 20.9 Å². The van der Waals surface area contributed by atoms with Crippen LogP contribution in [0.1, 0.15) is 11.1 Å². The molecule has 0 saturated heterocycles. The summed E-state index contributed by atoms with van der Waals surface area (Å²) in [6, 6.07) is 15.9. The van der Waals surface area contributed by atoms with Gasteiger partial charge >= 0.3 is 11.8 Å². The number of rotatable bonds is 7. The molecule has 0 heterocycles. The third-order valence-electron chi connectivity index (χ3n) is 3.16. The van der Waals surface area contributed by atoms with E-state index in [1.807, 2.05) is 30.3 Å². The van der Waals surface area contributed by atoms with Crippen molar-refractivity contribution in [1.82, 2.24) is 10.7 Å². The molecule has 0 saturated carbocycles. The molecule has 2 aromatic carbocycles. The highest BCUT2D eigenvalue weighted by atomic mass is 16.5. The number of carbonyl (C=O) groups is 3. The zero-order chi connectivity index (χ0) is 18.8. The number of hydrogen-bond donors (Lipinski definition) is 3. The normalized spacial score (nSPS) is 10.3. The van der Waals surface area contributed by atoms with Gasteiger partial charge in [0.25, 0.3) is 5.91 Å². The van der Waals surface area contributed by atoms with Crippen LogP contribution >= 0.6 is 0 Å². The van der Waals surface area contributed by atoms with E-state index in [9.17, 15) is 14.4 Å². The minimum absolute atomic E-state index is 0.237. The van der Waals surface area contributed by atoms with Crippen LogP contribution in [0.5, 0.6) is 5.75 Å². The second-order valence-corrected chi connectivity index (χ2v) is 5.16. The van der Waals surface area contributed by atoms with Gasteiger partial charge in [0, 0.05) is 12.1 Å². The number of hydrazone groups is 1. The second kappa shape index (κ2) is 9.58. The van der Waals surface area contributed by atoms with Gasteiger partial charge in [-0.15, -0.1) is 0 Å². The van der Waals surface area contributed by atoms with Gasteiger partial charge in [0.1, 0.15) is 5.75 Å². The highest BCUT2D eigenvalue weighted by Crippen LogP contribution is 2.15. The topological polar surface area (TPSA) is 123 Å². The van der Waals surface area contributed by atoms with Crippen molar-refractivity contribution in [3.8, 4) is 5.75 Å². The summed E-state index contributed by atoms with van der Waals surface area (Å²) in [7, 11) is 0. The van der Waals surface area contributed by atoms with Gasteiger partial charge in [-0.05, 0) is 17.7 Å². The zero-order valence-electron chi connectivity index (χ0n) is 13.8. The van der Waals surface area contributed by atoms with Crippen molar-refractivity contribution in [1.29, 1.82) is 0 Å². The maximum atomic E-state index is 11.7. The largest absolute Gasteiger partial charge is 0.483 e. The molecule has 8 nitrogen and oxygen atoms in total. The number of nitrogens with zero attached hydrogens (tertiary/aromatic N) is 1. The molecular formula is C18H18N4O4. The van der Waals surface area contributed by atoms with Crippen LogP contribution in [0, 0.1) is 0 Å². The number of ether oxygens (including phenoxy) is 1. The summed E-state index contributed by atoms with van der Waals surface area (Å²) in [5.74, 6) is -1.94. The van der Waals surface area contributed by atoms with Crippen LogP contribution in [0.2, 0.25) is 0 Å². The third-order valence-corrected chi connectivity index (χ3v) is 3.16. The van der Waals surface area contributed by atoms with Gasteiger partial charge in [-0.25, -0.2) is 5.43 Å². The predicted molar refractivity (Wildman–Crippen MR) is 95.2 cm³/mol. The highest BCUT2D eigenvalue weighted by Gasteiger charge is 2.12. The van der Waals surface area contributed by atoms with Crippen LogP contribution in [0.25, 0.3) is 0 Å². The first-order valence-corrected chi connectivity index (χ1v) is 7.71. The molecule has 0 aliphatic carbocycles. The quantitative estimate of drug-likeness (QED) is 0.376. The summed E-state index contributed by atoms with van der Waals surface area (Å²) in [5.41, 5.74) is 8.55. The summed E-state index contributed by atoms with van der Waals surface area (Å²) < 4.78 is 5.23. The van der Waals surface area contributed by atoms with Gasteiger partial charge in [-0.1, -0.05) is 42.5 Å². The maximum Gasteiger partial charge on any atom is 0.329 e. The van der Waals surface area contributed by atoms with E-state index >= 15 is 0 Å². The molecule has 134 valence electrons. The molecule has 0 aliphatic rings. The second-order valence-electron chi connectivity index (χ2n) is 5.16. The molecule has 2 rings (SSSR count). The van der Waals surface area contributed by atoms with E-state index in [1.54, 1.807) is 24.3 Å². The van der Waals surface area contributed by atoms with Gasteiger partial charge in [0.2, 0.25) is 0 Å². The molecule has 8 heteroatoms. The SMILES string of the molecule is NC(=O)COc1ccccc1/C=N\NC(=O)C(=O)NCc1ccccc1. The molecule has 0 aromatic heterocycles. The lowest BCUT2D eigenvalue weighted by molar-refractivity contribution is -0.139. The number of nitrogens with one attached hydrogen (secondary N) is 2. The molecule has 0 unspecified atom stereocenters. The van der Waals surface area contributed by atoms with Crippen LogP contribution in [0.3, 0.4) is 0 Å². The fraction of sp³-hybridized carbons (Fsp3) is 0.111. The number of primary amides is 1. The summed E-state index contributed by atoms with van der Waals surface area (Å²) >= 11 is 0. The van der Waals surface area contributed by atoms with Gasteiger partial charge < -0.3 is 15.8 Å². The Morgan fingerprint density at radius 1 is 1.00 bits per heavy atom. The minimum Gasteiger partial charge on any atom is -0.483 e. The molecule has 26 heavy (non-hydrogen) atoms. The van der Waals surface area contributed by atoms with Crippen LogP contribution in [0.4, 0.5) is 0 Å². The lowest BCUT2D eigenvalue weighted by Gasteiger charge is -2.06. The molecule has 0 radical (unpaired) electrons. The van der Waals surface area contributed by atoms with Crippen molar-refractivity contribution in [3.63, 3.8) is 0 Å². The number of hydrogen-bond acceptors (Lipinski definition) is 5. The van der Waals surface area contributed by atoms with Gasteiger partial charge in [-0.2, -0.15) is 5.10 Å². The number of amides is 3. The van der Waals surface area contributed by atoms with Crippen molar-refractivity contribution in [3.05, 3.63) is 65.7 Å². The molecule has 3 amide bonds. The van der Waals surface area contributed by atoms with Crippen LogP contribution in [0.15, 0.2) is 59.7 Å². The molecule has 0 atom stereocenters. The van der Waals surface area contributed by atoms with Crippen molar-refractivity contribution in [2.45, 2.75) is 6.54 Å². The lowest BCUT2D eigenvalue weighted by Crippen LogP contribution is -2.37. The number of para-hydroxylation sites is 1. The Morgan fingerprint density at radius 2 is 1.69 bits per heavy atom. The minimum atomic E-state index is -0.896. The first kappa shape index (κ1) is 18.7. The Kier molecular flexibility index (Phi) is 6.87. The van der Waals surface area contributed by atoms with E-state index in [1.165, 1.54) is 6.21 Å². The van der Waals surface area contributed by atoms with Crippen molar-refractivity contribution in [2.75, 3.05) is 6.61 Å². The fourth-order valence-corrected chi connectivity index (χ4v) is 1.94. The number of nitrogens with two attached hydrogens (primary N) is 1. The average molecular weight is 354 g/mol. The van der Waals surface area contributed by atoms with Gasteiger partial charge in [0.05, 0.1) is 6.21 Å². The van der Waals surface area contributed by atoms with Gasteiger partial charge in [0.15, 0.2) is 6.61 Å². The first-order chi connectivity index (χ1) is 12.6. The monoisotopic (exact) mass is 354 g/mol.